The van der Waals surface area contributed by atoms with Crippen LogP contribution < -0.4 is 0 Å². The van der Waals surface area contributed by atoms with Crippen molar-refractivity contribution >= 4 is 56.9 Å². The molecular weight excluding hydrogens is 389 g/mol. The summed E-state index contributed by atoms with van der Waals surface area (Å²) >= 11 is 5.94. The average Bonchev–Trinajstić information content (AvgIpc) is 1.85. The highest BCUT2D eigenvalue weighted by molar-refractivity contribution is 14.1. The first-order valence-corrected chi connectivity index (χ1v) is 6.22. The summed E-state index contributed by atoms with van der Waals surface area (Å²) in [7, 11) is 0. The molecule has 0 heterocycles. The van der Waals surface area contributed by atoms with Gasteiger partial charge >= 0.3 is 0 Å². The molecule has 4 heteroatoms. The fraction of sp³-hybridized carbons (Fsp3) is 0.143. The quantitative estimate of drug-likeness (QED) is 0.517. The minimum Gasteiger partial charge on any atom is -0.207 e. The predicted molar refractivity (Wildman–Crippen MR) is 63.6 cm³/mol. The van der Waals surface area contributed by atoms with Gasteiger partial charge in [0.15, 0.2) is 0 Å². The Kier molecular flexibility index (Phi) is 3.90. The van der Waals surface area contributed by atoms with E-state index >= 15 is 0 Å². The van der Waals surface area contributed by atoms with Crippen LogP contribution in [0, 0.1) is 13.0 Å². The normalized spacial score (nSPS) is 10.2. The summed E-state index contributed by atoms with van der Waals surface area (Å²) < 4.78 is 14.7. The molecule has 0 bridgehead atoms. The number of halogens is 3. The first-order valence-electron chi connectivity index (χ1n) is 2.83. The minimum atomic E-state index is -0.156. The third-order valence-corrected chi connectivity index (χ3v) is 4.45. The third kappa shape index (κ3) is 2.45. The van der Waals surface area contributed by atoms with E-state index in [9.17, 15) is 4.39 Å². The summed E-state index contributed by atoms with van der Waals surface area (Å²) in [5.41, 5.74) is 0. The number of hydrogen-bond acceptors (Lipinski definition) is 1. The van der Waals surface area contributed by atoms with Crippen molar-refractivity contribution in [2.24, 2.45) is 0 Å². The average molecular weight is 394 g/mol. The summed E-state index contributed by atoms with van der Waals surface area (Å²) in [4.78, 5) is 1.16. The van der Waals surface area contributed by atoms with Crippen LogP contribution in [0.1, 0.15) is 0 Å². The van der Waals surface area contributed by atoms with Crippen molar-refractivity contribution in [2.45, 2.75) is 4.90 Å². The Balaban J connectivity index is 3.25. The molecule has 60 valence electrons. The van der Waals surface area contributed by atoms with Crippen molar-refractivity contribution in [2.75, 3.05) is 6.26 Å². The maximum Gasteiger partial charge on any atom is 0.125 e. The lowest BCUT2D eigenvalue weighted by Gasteiger charge is -2.03. The van der Waals surface area contributed by atoms with Crippen LogP contribution >= 0.6 is 56.9 Å². The van der Waals surface area contributed by atoms with Crippen LogP contribution in [-0.2, 0) is 0 Å². The predicted octanol–water partition coefficient (Wildman–Crippen LogP) is 3.76. The van der Waals surface area contributed by atoms with Gasteiger partial charge < -0.3 is 0 Å². The molecule has 0 amide bonds. The van der Waals surface area contributed by atoms with Crippen LogP contribution in [0.3, 0.4) is 0 Å². The van der Waals surface area contributed by atoms with Crippen LogP contribution in [0.25, 0.3) is 0 Å². The third-order valence-electron chi connectivity index (χ3n) is 1.17. The zero-order chi connectivity index (χ0) is 8.43. The van der Waals surface area contributed by atoms with Crippen molar-refractivity contribution in [1.29, 1.82) is 0 Å². The van der Waals surface area contributed by atoms with Crippen LogP contribution in [-0.4, -0.2) is 6.26 Å². The Labute approximate surface area is 96.6 Å². The zero-order valence-corrected chi connectivity index (χ0v) is 10.8. The van der Waals surface area contributed by atoms with E-state index in [1.807, 2.05) is 6.26 Å². The maximum atomic E-state index is 12.7. The van der Waals surface area contributed by atoms with Gasteiger partial charge in [0.05, 0.1) is 0 Å². The molecular formula is C7H5FI2S. The number of thioether (sulfide) groups is 1. The fourth-order valence-corrected chi connectivity index (χ4v) is 4.25. The van der Waals surface area contributed by atoms with Crippen LogP contribution in [0.15, 0.2) is 17.0 Å². The molecule has 0 radical (unpaired) electrons. The highest BCUT2D eigenvalue weighted by Gasteiger charge is 2.05. The molecule has 0 spiro atoms. The van der Waals surface area contributed by atoms with E-state index in [0.29, 0.717) is 0 Å². The molecule has 0 unspecified atom stereocenters. The Morgan fingerprint density at radius 1 is 1.27 bits per heavy atom. The van der Waals surface area contributed by atoms with Crippen molar-refractivity contribution in [1.82, 2.24) is 0 Å². The van der Waals surface area contributed by atoms with Gasteiger partial charge in [-0.2, -0.15) is 0 Å². The largest absolute Gasteiger partial charge is 0.207 e. The van der Waals surface area contributed by atoms with E-state index in [-0.39, 0.29) is 5.82 Å². The summed E-state index contributed by atoms with van der Waals surface area (Å²) in [6, 6.07) is 3.10. The van der Waals surface area contributed by atoms with Gasteiger partial charge in [-0.25, -0.2) is 4.39 Å². The Morgan fingerprint density at radius 2 is 1.73 bits per heavy atom. The van der Waals surface area contributed by atoms with Gasteiger partial charge in [0.2, 0.25) is 0 Å². The molecule has 0 aliphatic carbocycles. The molecule has 0 aliphatic rings. The number of hydrogen-bond donors (Lipinski definition) is 0. The second-order valence-corrected chi connectivity index (χ2v) is 5.04. The summed E-state index contributed by atoms with van der Waals surface area (Å²) in [5, 5.41) is 0. The van der Waals surface area contributed by atoms with Gasteiger partial charge in [-0.1, -0.05) is 0 Å². The Hall–Kier alpha value is 0.960. The molecule has 0 saturated heterocycles. The second-order valence-electron chi connectivity index (χ2n) is 1.90. The first-order chi connectivity index (χ1) is 5.15. The molecule has 0 atom stereocenters. The van der Waals surface area contributed by atoms with E-state index in [1.54, 1.807) is 23.9 Å². The van der Waals surface area contributed by atoms with E-state index in [0.717, 1.165) is 12.0 Å². The lowest BCUT2D eigenvalue weighted by atomic mass is 10.3. The van der Waals surface area contributed by atoms with E-state index < -0.39 is 0 Å². The van der Waals surface area contributed by atoms with Crippen LogP contribution in [0.5, 0.6) is 0 Å². The molecule has 1 aromatic carbocycles. The van der Waals surface area contributed by atoms with E-state index in [1.165, 1.54) is 0 Å². The molecule has 0 aromatic heterocycles. The standard InChI is InChI=1S/C7H5FI2S/c1-11-7-5(9)2-4(8)3-6(7)10/h2-3H,1H3. The van der Waals surface area contributed by atoms with Gasteiger partial charge in [0.25, 0.3) is 0 Å². The van der Waals surface area contributed by atoms with Crippen molar-refractivity contribution in [3.63, 3.8) is 0 Å². The van der Waals surface area contributed by atoms with Crippen LogP contribution in [0.2, 0.25) is 0 Å². The number of rotatable bonds is 1. The van der Waals surface area contributed by atoms with Gasteiger partial charge in [-0.05, 0) is 63.6 Å². The van der Waals surface area contributed by atoms with Gasteiger partial charge in [0.1, 0.15) is 5.82 Å². The fourth-order valence-electron chi connectivity index (χ4n) is 0.724. The summed E-state index contributed by atoms with van der Waals surface area (Å²) in [6.07, 6.45) is 2.00. The topological polar surface area (TPSA) is 0 Å². The molecule has 1 rings (SSSR count). The number of benzene rings is 1. The lowest BCUT2D eigenvalue weighted by molar-refractivity contribution is 0.624. The Morgan fingerprint density at radius 3 is 2.09 bits per heavy atom. The maximum absolute atomic E-state index is 12.7. The highest BCUT2D eigenvalue weighted by Crippen LogP contribution is 2.28. The lowest BCUT2D eigenvalue weighted by Crippen LogP contribution is -1.86. The second kappa shape index (κ2) is 4.27. The van der Waals surface area contributed by atoms with Gasteiger partial charge in [0, 0.05) is 12.0 Å². The highest BCUT2D eigenvalue weighted by atomic mass is 127. The summed E-state index contributed by atoms with van der Waals surface area (Å²) in [6.45, 7) is 0. The molecule has 0 fully saturated rings. The first kappa shape index (κ1) is 10.0. The monoisotopic (exact) mass is 394 g/mol. The van der Waals surface area contributed by atoms with Crippen LogP contribution in [0.4, 0.5) is 4.39 Å². The van der Waals surface area contributed by atoms with Crippen molar-refractivity contribution in [3.8, 4) is 0 Å². The Bertz CT molecular complexity index is 252. The zero-order valence-electron chi connectivity index (χ0n) is 5.70. The van der Waals surface area contributed by atoms with Crippen molar-refractivity contribution in [3.05, 3.63) is 25.1 Å². The smallest absolute Gasteiger partial charge is 0.125 e. The molecule has 11 heavy (non-hydrogen) atoms. The molecule has 0 saturated carbocycles. The summed E-state index contributed by atoms with van der Waals surface area (Å²) in [5.74, 6) is -0.156. The SMILES string of the molecule is CSc1c(I)cc(F)cc1I. The minimum absolute atomic E-state index is 0.156. The van der Waals surface area contributed by atoms with Gasteiger partial charge in [-0.3, -0.25) is 0 Å². The van der Waals surface area contributed by atoms with E-state index in [4.69, 9.17) is 0 Å². The van der Waals surface area contributed by atoms with Gasteiger partial charge in [-0.15, -0.1) is 11.8 Å². The molecule has 0 aliphatic heterocycles. The molecule has 1 aromatic rings. The molecule has 0 nitrogen and oxygen atoms in total. The van der Waals surface area contributed by atoms with Crippen molar-refractivity contribution < 1.29 is 4.39 Å². The van der Waals surface area contributed by atoms with E-state index in [2.05, 4.69) is 45.2 Å². The molecule has 0 N–H and O–H groups in total.